The van der Waals surface area contributed by atoms with Gasteiger partial charge < -0.3 is 9.64 Å². The highest BCUT2D eigenvalue weighted by Gasteiger charge is 2.34. The van der Waals surface area contributed by atoms with Gasteiger partial charge in [-0.2, -0.15) is 8.42 Å². The molecule has 156 valence electrons. The molecule has 2 aliphatic rings. The molecule has 0 unspecified atom stereocenters. The lowest BCUT2D eigenvalue weighted by molar-refractivity contribution is -0.384. The molecule has 0 aliphatic carbocycles. The number of fused-ring (bicyclic) bond motifs is 1. The highest BCUT2D eigenvalue weighted by molar-refractivity contribution is 7.90. The van der Waals surface area contributed by atoms with Crippen LogP contribution in [0.25, 0.3) is 0 Å². The lowest BCUT2D eigenvalue weighted by Crippen LogP contribution is -2.40. The van der Waals surface area contributed by atoms with Gasteiger partial charge in [0, 0.05) is 30.8 Å². The van der Waals surface area contributed by atoms with Crippen LogP contribution in [0.3, 0.4) is 0 Å². The zero-order chi connectivity index (χ0) is 21.3. The number of sulfonamides is 1. The van der Waals surface area contributed by atoms with E-state index in [4.69, 9.17) is 4.74 Å². The smallest absolute Gasteiger partial charge is 0.309 e. The summed E-state index contributed by atoms with van der Waals surface area (Å²) in [6, 6.07) is 12.6. The van der Waals surface area contributed by atoms with Crippen LogP contribution in [0.1, 0.15) is 24.0 Å². The van der Waals surface area contributed by atoms with Crippen molar-refractivity contribution in [2.24, 2.45) is 10.3 Å². The zero-order valence-corrected chi connectivity index (χ0v) is 16.7. The Labute approximate surface area is 173 Å². The minimum absolute atomic E-state index is 0.0177. The Bertz CT molecular complexity index is 1120. The standard InChI is InChI=1S/C20H19N3O6S/c24-20(29-13-14-5-7-16(8-6-14)23(25)26)15-9-11-22(12-10-15)19-17-3-1-2-4-18(17)30(27,28)21-19/h1-8,15H,9-13H2. The molecular formula is C20H19N3O6S. The van der Waals surface area contributed by atoms with Crippen molar-refractivity contribution in [2.75, 3.05) is 13.1 Å². The van der Waals surface area contributed by atoms with Gasteiger partial charge in [-0.1, -0.05) is 12.1 Å². The van der Waals surface area contributed by atoms with Gasteiger partial charge in [-0.25, -0.2) is 0 Å². The van der Waals surface area contributed by atoms with Crippen LogP contribution in [-0.4, -0.2) is 43.1 Å². The van der Waals surface area contributed by atoms with Crippen LogP contribution in [0.4, 0.5) is 5.69 Å². The Morgan fingerprint density at radius 1 is 1.13 bits per heavy atom. The number of hydrogen-bond donors (Lipinski definition) is 0. The quantitative estimate of drug-likeness (QED) is 0.416. The first-order valence-electron chi connectivity index (χ1n) is 9.44. The molecule has 1 fully saturated rings. The molecule has 10 heteroatoms. The Morgan fingerprint density at radius 3 is 2.47 bits per heavy atom. The van der Waals surface area contributed by atoms with E-state index in [2.05, 4.69) is 4.40 Å². The fourth-order valence-electron chi connectivity index (χ4n) is 3.63. The number of carbonyl (C=O) groups is 1. The molecule has 4 rings (SSSR count). The molecule has 1 saturated heterocycles. The Hall–Kier alpha value is -3.27. The average molecular weight is 429 g/mol. The second kappa shape index (κ2) is 7.86. The zero-order valence-electron chi connectivity index (χ0n) is 15.9. The number of amidine groups is 1. The van der Waals surface area contributed by atoms with E-state index in [1.54, 1.807) is 36.4 Å². The van der Waals surface area contributed by atoms with Gasteiger partial charge in [0.05, 0.1) is 10.8 Å². The molecule has 2 aromatic carbocycles. The number of benzene rings is 2. The van der Waals surface area contributed by atoms with Crippen molar-refractivity contribution in [1.29, 1.82) is 0 Å². The molecule has 9 nitrogen and oxygen atoms in total. The topological polar surface area (TPSA) is 119 Å². The molecule has 0 amide bonds. The average Bonchev–Trinajstić information content (AvgIpc) is 3.03. The maximum Gasteiger partial charge on any atom is 0.309 e. The summed E-state index contributed by atoms with van der Waals surface area (Å²) < 4.78 is 33.8. The maximum atomic E-state index is 12.4. The number of nitro groups is 1. The summed E-state index contributed by atoms with van der Waals surface area (Å²) in [5, 5.41) is 10.7. The van der Waals surface area contributed by atoms with Crippen molar-refractivity contribution >= 4 is 27.5 Å². The van der Waals surface area contributed by atoms with Gasteiger partial charge in [-0.05, 0) is 42.7 Å². The van der Waals surface area contributed by atoms with E-state index in [1.807, 2.05) is 4.90 Å². The number of carbonyl (C=O) groups excluding carboxylic acids is 1. The minimum atomic E-state index is -3.67. The van der Waals surface area contributed by atoms with Crippen molar-refractivity contribution in [2.45, 2.75) is 24.3 Å². The number of likely N-dealkylation sites (tertiary alicyclic amines) is 1. The first-order valence-corrected chi connectivity index (χ1v) is 10.9. The second-order valence-corrected chi connectivity index (χ2v) is 8.75. The summed E-state index contributed by atoms with van der Waals surface area (Å²) in [4.78, 5) is 24.7. The minimum Gasteiger partial charge on any atom is -0.461 e. The van der Waals surface area contributed by atoms with E-state index < -0.39 is 14.9 Å². The summed E-state index contributed by atoms with van der Waals surface area (Å²) in [5.74, 6) is -0.175. The van der Waals surface area contributed by atoms with Gasteiger partial charge in [0.25, 0.3) is 15.7 Å². The van der Waals surface area contributed by atoms with Crippen molar-refractivity contribution in [3.8, 4) is 0 Å². The highest BCUT2D eigenvalue weighted by Crippen LogP contribution is 2.30. The number of nitro benzene ring substituents is 1. The largest absolute Gasteiger partial charge is 0.461 e. The first kappa shape index (κ1) is 20.0. The van der Waals surface area contributed by atoms with Crippen LogP contribution in [0, 0.1) is 16.0 Å². The van der Waals surface area contributed by atoms with Gasteiger partial charge in [-0.15, -0.1) is 4.40 Å². The number of rotatable bonds is 4. The van der Waals surface area contributed by atoms with E-state index in [9.17, 15) is 23.3 Å². The van der Waals surface area contributed by atoms with Gasteiger partial charge in [0.2, 0.25) is 0 Å². The molecule has 2 aliphatic heterocycles. The third-order valence-corrected chi connectivity index (χ3v) is 6.59. The van der Waals surface area contributed by atoms with Gasteiger partial charge in [-0.3, -0.25) is 14.9 Å². The monoisotopic (exact) mass is 429 g/mol. The number of ether oxygens (including phenoxy) is 1. The molecule has 0 spiro atoms. The molecule has 0 bridgehead atoms. The maximum absolute atomic E-state index is 12.4. The summed E-state index contributed by atoms with van der Waals surface area (Å²) >= 11 is 0. The van der Waals surface area contributed by atoms with E-state index in [-0.39, 0.29) is 29.1 Å². The molecular weight excluding hydrogens is 410 g/mol. The van der Waals surface area contributed by atoms with Crippen molar-refractivity contribution < 1.29 is 22.9 Å². The summed E-state index contributed by atoms with van der Waals surface area (Å²) in [6.45, 7) is 1.05. The van der Waals surface area contributed by atoms with E-state index in [0.29, 0.717) is 42.9 Å². The lowest BCUT2D eigenvalue weighted by Gasteiger charge is -2.32. The number of nitrogens with zero attached hydrogens (tertiary/aromatic N) is 3. The van der Waals surface area contributed by atoms with Gasteiger partial charge in [0.15, 0.2) is 5.84 Å². The SMILES string of the molecule is O=C(OCc1ccc([N+](=O)[O-])cc1)C1CCN(C2=NS(=O)(=O)c3ccccc32)CC1. The molecule has 2 aromatic rings. The Morgan fingerprint density at radius 2 is 1.80 bits per heavy atom. The lowest BCUT2D eigenvalue weighted by atomic mass is 9.96. The highest BCUT2D eigenvalue weighted by atomic mass is 32.2. The number of esters is 1. The fourth-order valence-corrected chi connectivity index (χ4v) is 4.86. The first-order chi connectivity index (χ1) is 14.3. The molecule has 0 aromatic heterocycles. The van der Waals surface area contributed by atoms with E-state index >= 15 is 0 Å². The number of piperidine rings is 1. The summed E-state index contributed by atoms with van der Waals surface area (Å²) in [5.41, 5.74) is 1.25. The van der Waals surface area contributed by atoms with Crippen LogP contribution in [0.2, 0.25) is 0 Å². The molecule has 0 saturated carbocycles. The van der Waals surface area contributed by atoms with Crippen LogP contribution in [0.15, 0.2) is 57.8 Å². The van der Waals surface area contributed by atoms with Crippen LogP contribution in [-0.2, 0) is 26.2 Å². The number of hydrogen-bond acceptors (Lipinski definition) is 7. The summed E-state index contributed by atoms with van der Waals surface area (Å²) in [7, 11) is -3.67. The molecule has 30 heavy (non-hydrogen) atoms. The molecule has 0 N–H and O–H groups in total. The van der Waals surface area contributed by atoms with Gasteiger partial charge in [0.1, 0.15) is 11.5 Å². The van der Waals surface area contributed by atoms with Crippen molar-refractivity contribution in [3.63, 3.8) is 0 Å². The van der Waals surface area contributed by atoms with Crippen LogP contribution in [0.5, 0.6) is 0 Å². The Kier molecular flexibility index (Phi) is 5.25. The Balaban J connectivity index is 1.34. The second-order valence-electron chi connectivity index (χ2n) is 7.18. The predicted octanol–water partition coefficient (Wildman–Crippen LogP) is 2.50. The third kappa shape index (κ3) is 3.90. The van der Waals surface area contributed by atoms with Crippen LogP contribution < -0.4 is 0 Å². The fraction of sp³-hybridized carbons (Fsp3) is 0.300. The van der Waals surface area contributed by atoms with Gasteiger partial charge >= 0.3 is 5.97 Å². The number of non-ortho nitro benzene ring substituents is 1. The van der Waals surface area contributed by atoms with Crippen molar-refractivity contribution in [3.05, 3.63) is 69.8 Å². The van der Waals surface area contributed by atoms with Crippen LogP contribution >= 0.6 is 0 Å². The normalized spacial score (nSPS) is 17.9. The van der Waals surface area contributed by atoms with Crippen molar-refractivity contribution in [1.82, 2.24) is 4.90 Å². The third-order valence-electron chi connectivity index (χ3n) is 5.27. The molecule has 2 heterocycles. The summed E-state index contributed by atoms with van der Waals surface area (Å²) in [6.07, 6.45) is 1.06. The molecule has 0 radical (unpaired) electrons. The predicted molar refractivity (Wildman–Crippen MR) is 107 cm³/mol. The van der Waals surface area contributed by atoms with E-state index in [1.165, 1.54) is 12.1 Å². The van der Waals surface area contributed by atoms with E-state index in [0.717, 1.165) is 0 Å². The molecule has 0 atom stereocenters.